The number of aliphatic carboxylic acids is 2. The maximum Gasteiger partial charge on any atom is 0.323 e. The number of hydrogen-bond acceptors (Lipinski definition) is 3. The molecule has 13 heavy (non-hydrogen) atoms. The molecular weight excluding hydrogens is 174 g/mol. The van der Waals surface area contributed by atoms with Gasteiger partial charge in [-0.15, -0.1) is 0 Å². The van der Waals surface area contributed by atoms with Gasteiger partial charge < -0.3 is 10.2 Å². The van der Waals surface area contributed by atoms with Crippen molar-refractivity contribution in [3.8, 4) is 0 Å². The van der Waals surface area contributed by atoms with Crippen molar-refractivity contribution in [3.05, 3.63) is 0 Å². The van der Waals surface area contributed by atoms with Crippen molar-refractivity contribution >= 4 is 11.9 Å². The Bertz CT molecular complexity index is 250. The lowest BCUT2D eigenvalue weighted by molar-refractivity contribution is -0.144. The lowest BCUT2D eigenvalue weighted by Crippen LogP contribution is -2.50. The van der Waals surface area contributed by atoms with Gasteiger partial charge in [0.1, 0.15) is 11.1 Å². The molecule has 2 saturated carbocycles. The third kappa shape index (κ3) is 1.19. The lowest BCUT2D eigenvalue weighted by Gasteiger charge is -2.18. The summed E-state index contributed by atoms with van der Waals surface area (Å²) in [6.07, 6.45) is 2.16. The summed E-state index contributed by atoms with van der Waals surface area (Å²) in [4.78, 5) is 21.5. The highest BCUT2D eigenvalue weighted by molar-refractivity contribution is 5.87. The van der Waals surface area contributed by atoms with Crippen LogP contribution in [0.15, 0.2) is 0 Å². The largest absolute Gasteiger partial charge is 0.480 e. The monoisotopic (exact) mass is 185 g/mol. The van der Waals surface area contributed by atoms with Crippen LogP contribution >= 0.6 is 0 Å². The van der Waals surface area contributed by atoms with Gasteiger partial charge in [0.2, 0.25) is 0 Å². The Morgan fingerprint density at radius 3 is 1.38 bits per heavy atom. The Hall–Kier alpha value is -1.10. The van der Waals surface area contributed by atoms with E-state index in [4.69, 9.17) is 10.2 Å². The zero-order valence-electron chi connectivity index (χ0n) is 7.04. The summed E-state index contributed by atoms with van der Waals surface area (Å²) < 4.78 is 0. The van der Waals surface area contributed by atoms with Crippen LogP contribution in [-0.4, -0.2) is 33.2 Å². The predicted molar refractivity (Wildman–Crippen MR) is 42.3 cm³/mol. The first-order valence-corrected chi connectivity index (χ1v) is 4.27. The Morgan fingerprint density at radius 2 is 1.23 bits per heavy atom. The van der Waals surface area contributed by atoms with E-state index in [9.17, 15) is 9.59 Å². The van der Waals surface area contributed by atoms with Gasteiger partial charge in [-0.05, 0) is 25.7 Å². The lowest BCUT2D eigenvalue weighted by atomic mass is 10.2. The molecular formula is C8H11NO4. The van der Waals surface area contributed by atoms with Gasteiger partial charge in [0.15, 0.2) is 0 Å². The van der Waals surface area contributed by atoms with Gasteiger partial charge in [0, 0.05) is 0 Å². The first-order valence-electron chi connectivity index (χ1n) is 4.27. The summed E-state index contributed by atoms with van der Waals surface area (Å²) in [6.45, 7) is 0. The van der Waals surface area contributed by atoms with Crippen LogP contribution in [0.2, 0.25) is 0 Å². The molecule has 0 radical (unpaired) electrons. The molecule has 0 spiro atoms. The van der Waals surface area contributed by atoms with Crippen LogP contribution in [-0.2, 0) is 9.59 Å². The zero-order valence-corrected chi connectivity index (χ0v) is 7.04. The summed E-state index contributed by atoms with van der Waals surface area (Å²) in [5.74, 6) is -1.86. The molecule has 72 valence electrons. The van der Waals surface area contributed by atoms with Gasteiger partial charge in [-0.3, -0.25) is 14.9 Å². The highest BCUT2D eigenvalue weighted by Gasteiger charge is 2.61. The molecule has 5 heteroatoms. The molecule has 2 rings (SSSR count). The van der Waals surface area contributed by atoms with Crippen molar-refractivity contribution in [2.24, 2.45) is 0 Å². The molecule has 2 aliphatic carbocycles. The second-order valence-corrected chi connectivity index (χ2v) is 3.90. The SMILES string of the molecule is O=C(O)C1(NC2(C(=O)O)CC2)CC1. The number of carbonyl (C=O) groups is 2. The van der Waals surface area contributed by atoms with E-state index in [-0.39, 0.29) is 0 Å². The first-order chi connectivity index (χ1) is 6.01. The van der Waals surface area contributed by atoms with Crippen LogP contribution in [0.1, 0.15) is 25.7 Å². The topological polar surface area (TPSA) is 86.6 Å². The Labute approximate surface area is 74.7 Å². The molecule has 0 unspecified atom stereocenters. The second kappa shape index (κ2) is 2.23. The summed E-state index contributed by atoms with van der Waals surface area (Å²) in [7, 11) is 0. The van der Waals surface area contributed by atoms with E-state index in [1.165, 1.54) is 0 Å². The summed E-state index contributed by atoms with van der Waals surface area (Å²) in [6, 6.07) is 0. The van der Waals surface area contributed by atoms with Gasteiger partial charge in [0.25, 0.3) is 0 Å². The van der Waals surface area contributed by atoms with Gasteiger partial charge in [-0.25, -0.2) is 0 Å². The Kier molecular flexibility index (Phi) is 1.46. The molecule has 0 bridgehead atoms. The Morgan fingerprint density at radius 1 is 0.923 bits per heavy atom. The standard InChI is InChI=1S/C8H11NO4/c10-5(11)7(1-2-7)9-8(3-4-8)6(12)13/h9H,1-4H2,(H,10,11)(H,12,13). The van der Waals surface area contributed by atoms with Crippen molar-refractivity contribution in [2.45, 2.75) is 36.8 Å². The van der Waals surface area contributed by atoms with E-state index in [1.807, 2.05) is 0 Å². The molecule has 0 saturated heterocycles. The fourth-order valence-corrected chi connectivity index (χ4v) is 1.49. The summed E-state index contributed by atoms with van der Waals surface area (Å²) in [5, 5.41) is 20.4. The van der Waals surface area contributed by atoms with Crippen LogP contribution in [0.3, 0.4) is 0 Å². The molecule has 2 fully saturated rings. The number of rotatable bonds is 4. The highest BCUT2D eigenvalue weighted by atomic mass is 16.4. The minimum Gasteiger partial charge on any atom is -0.480 e. The average Bonchev–Trinajstić information content (AvgIpc) is 2.86. The van der Waals surface area contributed by atoms with Crippen molar-refractivity contribution in [1.82, 2.24) is 5.32 Å². The van der Waals surface area contributed by atoms with Crippen molar-refractivity contribution in [3.63, 3.8) is 0 Å². The molecule has 3 N–H and O–H groups in total. The maximum atomic E-state index is 10.8. The third-order valence-electron chi connectivity index (χ3n) is 2.80. The van der Waals surface area contributed by atoms with E-state index in [0.29, 0.717) is 25.7 Å². The van der Waals surface area contributed by atoms with Gasteiger partial charge in [-0.2, -0.15) is 0 Å². The molecule has 0 amide bonds. The molecule has 2 aliphatic rings. The average molecular weight is 185 g/mol. The van der Waals surface area contributed by atoms with Crippen molar-refractivity contribution < 1.29 is 19.8 Å². The van der Waals surface area contributed by atoms with E-state index >= 15 is 0 Å². The van der Waals surface area contributed by atoms with Crippen molar-refractivity contribution in [1.29, 1.82) is 0 Å². The van der Waals surface area contributed by atoms with Crippen LogP contribution in [0.4, 0.5) is 0 Å². The third-order valence-corrected chi connectivity index (χ3v) is 2.80. The molecule has 0 aromatic carbocycles. The van der Waals surface area contributed by atoms with Crippen LogP contribution in [0.5, 0.6) is 0 Å². The van der Waals surface area contributed by atoms with Gasteiger partial charge in [-0.1, -0.05) is 0 Å². The molecule has 0 aliphatic heterocycles. The number of hydrogen-bond donors (Lipinski definition) is 3. The van der Waals surface area contributed by atoms with Crippen LogP contribution in [0.25, 0.3) is 0 Å². The van der Waals surface area contributed by atoms with Crippen LogP contribution in [0, 0.1) is 0 Å². The zero-order chi connectivity index (χ0) is 9.69. The maximum absolute atomic E-state index is 10.8. The van der Waals surface area contributed by atoms with E-state index in [0.717, 1.165) is 0 Å². The predicted octanol–water partition coefficient (Wildman–Crippen LogP) is -0.190. The summed E-state index contributed by atoms with van der Waals surface area (Å²) in [5.41, 5.74) is -1.87. The van der Waals surface area contributed by atoms with Crippen molar-refractivity contribution in [2.75, 3.05) is 0 Å². The fourth-order valence-electron chi connectivity index (χ4n) is 1.49. The van der Waals surface area contributed by atoms with E-state index in [1.54, 1.807) is 0 Å². The molecule has 0 heterocycles. The minimum absolute atomic E-state index is 0.539. The molecule has 0 aromatic heterocycles. The highest BCUT2D eigenvalue weighted by Crippen LogP contribution is 2.44. The molecule has 0 aromatic rings. The van der Waals surface area contributed by atoms with Gasteiger partial charge >= 0.3 is 11.9 Å². The smallest absolute Gasteiger partial charge is 0.323 e. The Balaban J connectivity index is 2.06. The van der Waals surface area contributed by atoms with Gasteiger partial charge in [0.05, 0.1) is 0 Å². The molecule has 5 nitrogen and oxygen atoms in total. The van der Waals surface area contributed by atoms with E-state index in [2.05, 4.69) is 5.32 Å². The quantitative estimate of drug-likeness (QED) is 0.565. The normalized spacial score (nSPS) is 26.5. The van der Waals surface area contributed by atoms with Crippen LogP contribution < -0.4 is 5.32 Å². The number of nitrogens with one attached hydrogen (secondary N) is 1. The summed E-state index contributed by atoms with van der Waals surface area (Å²) >= 11 is 0. The fraction of sp³-hybridized carbons (Fsp3) is 0.750. The first kappa shape index (κ1) is 8.50. The minimum atomic E-state index is -0.936. The number of carboxylic acid groups (broad SMARTS) is 2. The van der Waals surface area contributed by atoms with E-state index < -0.39 is 23.0 Å². The second-order valence-electron chi connectivity index (χ2n) is 3.90. The molecule has 0 atom stereocenters. The number of carboxylic acids is 2.